The average Bonchev–Trinajstić information content (AvgIpc) is 2.88. The van der Waals surface area contributed by atoms with Crippen LogP contribution in [0.5, 0.6) is 0 Å². The second-order valence-electron chi connectivity index (χ2n) is 5.72. The standard InChI is InChI=1S/C14H24N2O3/c1-2-16-8-4-5-10(9-16)15-13(17)11-6-3-7-12(11)14(18)19/h10-12H,2-9H2,1H3,(H,15,17)(H,18,19). The van der Waals surface area contributed by atoms with Gasteiger partial charge in [0.25, 0.3) is 0 Å². The van der Waals surface area contributed by atoms with Gasteiger partial charge in [-0.25, -0.2) is 0 Å². The van der Waals surface area contributed by atoms with Crippen LogP contribution in [-0.4, -0.2) is 47.6 Å². The molecule has 2 N–H and O–H groups in total. The van der Waals surface area contributed by atoms with Gasteiger partial charge in [0.15, 0.2) is 0 Å². The largest absolute Gasteiger partial charge is 0.481 e. The average molecular weight is 268 g/mol. The van der Waals surface area contributed by atoms with E-state index in [1.165, 1.54) is 0 Å². The molecule has 0 aromatic carbocycles. The van der Waals surface area contributed by atoms with Crippen molar-refractivity contribution in [3.05, 3.63) is 0 Å². The van der Waals surface area contributed by atoms with Crippen molar-refractivity contribution < 1.29 is 14.7 Å². The third kappa shape index (κ3) is 3.47. The summed E-state index contributed by atoms with van der Waals surface area (Å²) < 4.78 is 0. The Hall–Kier alpha value is -1.10. The third-order valence-electron chi connectivity index (χ3n) is 4.47. The molecule has 1 saturated heterocycles. The Morgan fingerprint density at radius 3 is 2.63 bits per heavy atom. The topological polar surface area (TPSA) is 69.6 Å². The number of likely N-dealkylation sites (N-methyl/N-ethyl adjacent to an activating group) is 1. The number of carboxylic acid groups (broad SMARTS) is 1. The van der Waals surface area contributed by atoms with Crippen LogP contribution >= 0.6 is 0 Å². The fraction of sp³-hybridized carbons (Fsp3) is 0.857. The Morgan fingerprint density at radius 2 is 1.95 bits per heavy atom. The lowest BCUT2D eigenvalue weighted by atomic mass is 9.94. The highest BCUT2D eigenvalue weighted by atomic mass is 16.4. The summed E-state index contributed by atoms with van der Waals surface area (Å²) in [5.74, 6) is -1.68. The molecule has 0 radical (unpaired) electrons. The first kappa shape index (κ1) is 14.3. The lowest BCUT2D eigenvalue weighted by Crippen LogP contribution is -2.49. The molecule has 2 rings (SSSR count). The number of carbonyl (C=O) groups excluding carboxylic acids is 1. The highest BCUT2D eigenvalue weighted by Crippen LogP contribution is 2.32. The van der Waals surface area contributed by atoms with Gasteiger partial charge in [0.1, 0.15) is 0 Å². The Labute approximate surface area is 114 Å². The maximum Gasteiger partial charge on any atom is 0.307 e. The van der Waals surface area contributed by atoms with E-state index in [0.29, 0.717) is 12.8 Å². The Kier molecular flexibility index (Phi) is 4.80. The maximum absolute atomic E-state index is 12.2. The molecular weight excluding hydrogens is 244 g/mol. The molecule has 1 saturated carbocycles. The quantitative estimate of drug-likeness (QED) is 0.800. The molecule has 5 heteroatoms. The summed E-state index contributed by atoms with van der Waals surface area (Å²) >= 11 is 0. The molecule has 1 aliphatic heterocycles. The van der Waals surface area contributed by atoms with Gasteiger partial charge in [-0.1, -0.05) is 13.3 Å². The van der Waals surface area contributed by atoms with Gasteiger partial charge in [-0.3, -0.25) is 9.59 Å². The number of rotatable bonds is 4. The van der Waals surface area contributed by atoms with Gasteiger partial charge in [-0.15, -0.1) is 0 Å². The predicted octanol–water partition coefficient (Wildman–Crippen LogP) is 1.09. The summed E-state index contributed by atoms with van der Waals surface area (Å²) in [6, 6.07) is 0.191. The number of amides is 1. The summed E-state index contributed by atoms with van der Waals surface area (Å²) in [6.07, 6.45) is 4.31. The van der Waals surface area contributed by atoms with Crippen molar-refractivity contribution in [1.82, 2.24) is 10.2 Å². The molecule has 0 aromatic heterocycles. The predicted molar refractivity (Wildman–Crippen MR) is 71.7 cm³/mol. The van der Waals surface area contributed by atoms with Crippen LogP contribution in [0.15, 0.2) is 0 Å². The van der Waals surface area contributed by atoms with E-state index in [0.717, 1.165) is 38.9 Å². The van der Waals surface area contributed by atoms with Crippen LogP contribution in [0.1, 0.15) is 39.0 Å². The molecule has 2 fully saturated rings. The smallest absolute Gasteiger partial charge is 0.307 e. The van der Waals surface area contributed by atoms with Crippen molar-refractivity contribution in [2.45, 2.75) is 45.1 Å². The minimum absolute atomic E-state index is 0.0483. The molecule has 0 aromatic rings. The lowest BCUT2D eigenvalue weighted by molar-refractivity contribution is -0.146. The fourth-order valence-electron chi connectivity index (χ4n) is 3.34. The summed E-state index contributed by atoms with van der Waals surface area (Å²) in [7, 11) is 0. The molecule has 1 amide bonds. The van der Waals surface area contributed by atoms with E-state index in [4.69, 9.17) is 5.11 Å². The number of hydrogen-bond donors (Lipinski definition) is 2. The number of nitrogens with zero attached hydrogens (tertiary/aromatic N) is 1. The van der Waals surface area contributed by atoms with Gasteiger partial charge >= 0.3 is 5.97 Å². The lowest BCUT2D eigenvalue weighted by Gasteiger charge is -2.33. The van der Waals surface area contributed by atoms with E-state index in [1.54, 1.807) is 0 Å². The molecule has 2 aliphatic rings. The highest BCUT2D eigenvalue weighted by Gasteiger charge is 2.38. The SMILES string of the molecule is CCN1CCCC(NC(=O)C2CCCC2C(=O)O)C1. The molecule has 0 spiro atoms. The molecule has 3 atom stereocenters. The maximum atomic E-state index is 12.2. The third-order valence-corrected chi connectivity index (χ3v) is 4.47. The Morgan fingerprint density at radius 1 is 1.21 bits per heavy atom. The Balaban J connectivity index is 1.88. The Bertz CT molecular complexity index is 346. The second-order valence-corrected chi connectivity index (χ2v) is 5.72. The van der Waals surface area contributed by atoms with E-state index in [1.807, 2.05) is 0 Å². The molecule has 3 unspecified atom stereocenters. The van der Waals surface area contributed by atoms with E-state index < -0.39 is 11.9 Å². The van der Waals surface area contributed by atoms with Crippen molar-refractivity contribution in [2.24, 2.45) is 11.8 Å². The zero-order valence-electron chi connectivity index (χ0n) is 11.6. The molecular formula is C14H24N2O3. The number of likely N-dealkylation sites (tertiary alicyclic amines) is 1. The van der Waals surface area contributed by atoms with Gasteiger partial charge < -0.3 is 15.3 Å². The second kappa shape index (κ2) is 6.37. The zero-order valence-corrected chi connectivity index (χ0v) is 11.6. The normalized spacial score (nSPS) is 32.2. The van der Waals surface area contributed by atoms with Crippen LogP contribution in [0.2, 0.25) is 0 Å². The van der Waals surface area contributed by atoms with Crippen molar-refractivity contribution in [1.29, 1.82) is 0 Å². The summed E-state index contributed by atoms with van der Waals surface area (Å²) in [5, 5.41) is 12.2. The van der Waals surface area contributed by atoms with Crippen molar-refractivity contribution in [3.63, 3.8) is 0 Å². The summed E-state index contributed by atoms with van der Waals surface area (Å²) in [5.41, 5.74) is 0. The number of carboxylic acids is 1. The van der Waals surface area contributed by atoms with Gasteiger partial charge in [0, 0.05) is 12.6 Å². The minimum Gasteiger partial charge on any atom is -0.481 e. The van der Waals surface area contributed by atoms with Gasteiger partial charge in [-0.05, 0) is 38.8 Å². The summed E-state index contributed by atoms with van der Waals surface area (Å²) in [4.78, 5) is 25.7. The van der Waals surface area contributed by atoms with Gasteiger partial charge in [0.2, 0.25) is 5.91 Å². The molecule has 19 heavy (non-hydrogen) atoms. The van der Waals surface area contributed by atoms with Crippen molar-refractivity contribution in [3.8, 4) is 0 Å². The number of hydrogen-bond acceptors (Lipinski definition) is 3. The first-order valence-electron chi connectivity index (χ1n) is 7.37. The first-order valence-corrected chi connectivity index (χ1v) is 7.37. The van der Waals surface area contributed by atoms with E-state index in [-0.39, 0.29) is 17.9 Å². The first-order chi connectivity index (χ1) is 9.11. The van der Waals surface area contributed by atoms with E-state index in [9.17, 15) is 9.59 Å². The number of piperidine rings is 1. The van der Waals surface area contributed by atoms with Crippen LogP contribution in [0.3, 0.4) is 0 Å². The highest BCUT2D eigenvalue weighted by molar-refractivity contribution is 5.85. The van der Waals surface area contributed by atoms with Gasteiger partial charge in [0.05, 0.1) is 11.8 Å². The minimum atomic E-state index is -0.823. The van der Waals surface area contributed by atoms with Crippen LogP contribution in [-0.2, 0) is 9.59 Å². The monoisotopic (exact) mass is 268 g/mol. The van der Waals surface area contributed by atoms with Crippen LogP contribution in [0, 0.1) is 11.8 Å². The molecule has 108 valence electrons. The number of aliphatic carboxylic acids is 1. The van der Waals surface area contributed by atoms with E-state index in [2.05, 4.69) is 17.1 Å². The molecule has 0 bridgehead atoms. The van der Waals surface area contributed by atoms with Crippen LogP contribution in [0.4, 0.5) is 0 Å². The molecule has 1 heterocycles. The van der Waals surface area contributed by atoms with Crippen molar-refractivity contribution in [2.75, 3.05) is 19.6 Å². The number of nitrogens with one attached hydrogen (secondary N) is 1. The van der Waals surface area contributed by atoms with Crippen LogP contribution < -0.4 is 5.32 Å². The van der Waals surface area contributed by atoms with Crippen molar-refractivity contribution >= 4 is 11.9 Å². The van der Waals surface area contributed by atoms with E-state index >= 15 is 0 Å². The fourth-order valence-corrected chi connectivity index (χ4v) is 3.34. The van der Waals surface area contributed by atoms with Crippen LogP contribution in [0.25, 0.3) is 0 Å². The molecule has 5 nitrogen and oxygen atoms in total. The number of carbonyl (C=O) groups is 2. The van der Waals surface area contributed by atoms with Gasteiger partial charge in [-0.2, -0.15) is 0 Å². The molecule has 1 aliphatic carbocycles. The zero-order chi connectivity index (χ0) is 13.8. The summed E-state index contributed by atoms with van der Waals surface area (Å²) in [6.45, 7) is 5.13.